The van der Waals surface area contributed by atoms with Crippen molar-refractivity contribution in [3.8, 4) is 6.07 Å². The number of nitrogens with zero attached hydrogens (tertiary/aromatic N) is 1. The molecule has 2 aliphatic carbocycles. The van der Waals surface area contributed by atoms with Crippen LogP contribution in [-0.4, -0.2) is 30.3 Å². The standard InChI is InChI=1S/C35H54F3NO4/c1-11-13-30(4,5)15-17-32(8,22-43-29(42)35(36,37)38)18-16-31(6,7)34(10)14-12-26-24(3)28(41)25(21-39)20-33(26,9)27(34)19-23(2)40/h20,24,26-27H,11-19,22H2,1-10H3/t24-,26-,27+,32-,33-,34+/m0/s1. The SMILES string of the molecule is CCCC(C)(C)CC[C@@](C)(CCC(C)(C)[C@]1(C)CC[C@H]2[C@H](C)C(=O)C(C#N)=C[C@]2(C)[C@H]1CC(C)=O)COC(=O)C(F)(F)F. The number of ketones is 2. The zero-order chi connectivity index (χ0) is 33.2. The van der Waals surface area contributed by atoms with E-state index in [1.54, 1.807) is 6.92 Å². The van der Waals surface area contributed by atoms with Crippen LogP contribution in [0.25, 0.3) is 0 Å². The summed E-state index contributed by atoms with van der Waals surface area (Å²) in [7, 11) is 0. The van der Waals surface area contributed by atoms with Crippen LogP contribution in [-0.2, 0) is 19.1 Å². The molecule has 1 fully saturated rings. The number of fused-ring (bicyclic) bond motifs is 1. The van der Waals surface area contributed by atoms with E-state index in [4.69, 9.17) is 4.74 Å². The second-order valence-electron chi connectivity index (χ2n) is 15.9. The molecule has 0 N–H and O–H groups in total. The highest BCUT2D eigenvalue weighted by molar-refractivity contribution is 6.01. The number of esters is 1. The van der Waals surface area contributed by atoms with Crippen LogP contribution in [0.3, 0.4) is 0 Å². The summed E-state index contributed by atoms with van der Waals surface area (Å²) in [6.07, 6.45) is 3.25. The van der Waals surface area contributed by atoms with Crippen molar-refractivity contribution in [1.29, 1.82) is 5.26 Å². The van der Waals surface area contributed by atoms with Crippen LogP contribution < -0.4 is 0 Å². The first-order valence-corrected chi connectivity index (χ1v) is 15.9. The van der Waals surface area contributed by atoms with Crippen LogP contribution >= 0.6 is 0 Å². The summed E-state index contributed by atoms with van der Waals surface area (Å²) in [4.78, 5) is 37.4. The second-order valence-corrected chi connectivity index (χ2v) is 15.9. The van der Waals surface area contributed by atoms with E-state index in [2.05, 4.69) is 54.5 Å². The molecule has 0 heterocycles. The summed E-state index contributed by atoms with van der Waals surface area (Å²) in [5, 5.41) is 9.78. The van der Waals surface area contributed by atoms with Gasteiger partial charge in [0.25, 0.3) is 0 Å². The van der Waals surface area contributed by atoms with Crippen molar-refractivity contribution in [2.45, 2.75) is 133 Å². The van der Waals surface area contributed by atoms with E-state index in [0.29, 0.717) is 25.7 Å². The molecule has 0 aromatic heterocycles. The van der Waals surface area contributed by atoms with E-state index >= 15 is 0 Å². The summed E-state index contributed by atoms with van der Waals surface area (Å²) in [5.41, 5.74) is -1.77. The third-order valence-corrected chi connectivity index (χ3v) is 11.7. The molecule has 43 heavy (non-hydrogen) atoms. The van der Waals surface area contributed by atoms with Crippen LogP contribution in [0.2, 0.25) is 0 Å². The molecular formula is C35H54F3NO4. The normalized spacial score (nSPS) is 29.6. The van der Waals surface area contributed by atoms with Crippen molar-refractivity contribution in [3.63, 3.8) is 0 Å². The minimum atomic E-state index is -5.04. The fourth-order valence-corrected chi connectivity index (χ4v) is 8.25. The average Bonchev–Trinajstić information content (AvgIpc) is 2.89. The minimum absolute atomic E-state index is 0.00495. The summed E-state index contributed by atoms with van der Waals surface area (Å²) in [5.74, 6) is -2.69. The molecule has 0 saturated heterocycles. The Morgan fingerprint density at radius 2 is 1.63 bits per heavy atom. The molecular weight excluding hydrogens is 555 g/mol. The Morgan fingerprint density at radius 1 is 1.05 bits per heavy atom. The fourth-order valence-electron chi connectivity index (χ4n) is 8.25. The number of carbonyl (C=O) groups is 3. The Morgan fingerprint density at radius 3 is 2.14 bits per heavy atom. The molecule has 2 aliphatic rings. The molecule has 2 rings (SSSR count). The van der Waals surface area contributed by atoms with Gasteiger partial charge in [0.15, 0.2) is 5.78 Å². The maximum absolute atomic E-state index is 13.0. The first kappa shape index (κ1) is 37.0. The van der Waals surface area contributed by atoms with E-state index in [0.717, 1.165) is 32.1 Å². The van der Waals surface area contributed by atoms with Crippen LogP contribution in [0.4, 0.5) is 13.2 Å². The van der Waals surface area contributed by atoms with Gasteiger partial charge in [0.1, 0.15) is 11.9 Å². The molecule has 5 nitrogen and oxygen atoms in total. The monoisotopic (exact) mass is 609 g/mol. The van der Waals surface area contributed by atoms with Crippen LogP contribution in [0, 0.1) is 56.2 Å². The van der Waals surface area contributed by atoms with Gasteiger partial charge >= 0.3 is 12.1 Å². The van der Waals surface area contributed by atoms with Crippen molar-refractivity contribution in [2.75, 3.05) is 6.61 Å². The number of Topliss-reactive ketones (excluding diaryl/α,β-unsaturated/α-hetero) is 2. The molecule has 244 valence electrons. The lowest BCUT2D eigenvalue weighted by Gasteiger charge is -2.62. The number of allylic oxidation sites excluding steroid dienone is 2. The largest absolute Gasteiger partial charge is 0.490 e. The maximum Gasteiger partial charge on any atom is 0.490 e. The molecule has 0 unspecified atom stereocenters. The Labute approximate surface area is 257 Å². The van der Waals surface area contributed by atoms with Gasteiger partial charge in [-0.25, -0.2) is 4.79 Å². The van der Waals surface area contributed by atoms with Gasteiger partial charge in [0, 0.05) is 17.8 Å². The highest BCUT2D eigenvalue weighted by Crippen LogP contribution is 2.66. The maximum atomic E-state index is 13.0. The Kier molecular flexibility index (Phi) is 11.2. The van der Waals surface area contributed by atoms with Gasteiger partial charge in [0.2, 0.25) is 0 Å². The van der Waals surface area contributed by atoms with Gasteiger partial charge in [0.05, 0.1) is 12.2 Å². The highest BCUT2D eigenvalue weighted by atomic mass is 19.4. The molecule has 0 aromatic carbocycles. The summed E-state index contributed by atoms with van der Waals surface area (Å²) < 4.78 is 44.0. The average molecular weight is 610 g/mol. The Hall–Kier alpha value is -2.17. The fraction of sp³-hybridized carbons (Fsp3) is 0.829. The number of rotatable bonds is 13. The highest BCUT2D eigenvalue weighted by Gasteiger charge is 2.61. The van der Waals surface area contributed by atoms with E-state index in [1.165, 1.54) is 0 Å². The number of hydrogen-bond donors (Lipinski definition) is 0. The lowest BCUT2D eigenvalue weighted by molar-refractivity contribution is -0.203. The van der Waals surface area contributed by atoms with Gasteiger partial charge in [-0.05, 0) is 85.4 Å². The van der Waals surface area contributed by atoms with Gasteiger partial charge in [-0.15, -0.1) is 0 Å². The van der Waals surface area contributed by atoms with Crippen molar-refractivity contribution >= 4 is 17.5 Å². The van der Waals surface area contributed by atoms with E-state index in [9.17, 15) is 32.8 Å². The van der Waals surface area contributed by atoms with Gasteiger partial charge in [-0.1, -0.05) is 74.8 Å². The summed E-state index contributed by atoms with van der Waals surface area (Å²) in [6.45, 7) is 20.1. The molecule has 8 heteroatoms. The molecule has 0 aliphatic heterocycles. The predicted molar refractivity (Wildman–Crippen MR) is 162 cm³/mol. The number of nitriles is 1. The van der Waals surface area contributed by atoms with E-state index in [-0.39, 0.29) is 57.7 Å². The number of carbonyl (C=O) groups excluding carboxylic acids is 3. The van der Waals surface area contributed by atoms with Crippen molar-refractivity contribution in [2.24, 2.45) is 44.8 Å². The zero-order valence-corrected chi connectivity index (χ0v) is 28.1. The molecule has 1 saturated carbocycles. The molecule has 0 spiro atoms. The van der Waals surface area contributed by atoms with Crippen LogP contribution in [0.1, 0.15) is 127 Å². The van der Waals surface area contributed by atoms with E-state index in [1.807, 2.05) is 19.9 Å². The summed E-state index contributed by atoms with van der Waals surface area (Å²) in [6, 6.07) is 2.10. The van der Waals surface area contributed by atoms with Crippen LogP contribution in [0.5, 0.6) is 0 Å². The minimum Gasteiger partial charge on any atom is -0.458 e. The van der Waals surface area contributed by atoms with Gasteiger partial charge in [-0.3, -0.25) is 4.79 Å². The lowest BCUT2D eigenvalue weighted by atomic mass is 9.41. The number of hydrogen-bond acceptors (Lipinski definition) is 5. The van der Waals surface area contributed by atoms with E-state index < -0.39 is 23.0 Å². The molecule has 6 atom stereocenters. The van der Waals surface area contributed by atoms with Crippen molar-refractivity contribution < 1.29 is 32.3 Å². The number of ether oxygens (including phenoxy) is 1. The first-order valence-electron chi connectivity index (χ1n) is 15.9. The quantitative estimate of drug-likeness (QED) is 0.194. The Balaban J connectivity index is 2.46. The second kappa shape index (κ2) is 13.1. The van der Waals surface area contributed by atoms with Crippen molar-refractivity contribution in [3.05, 3.63) is 11.6 Å². The topological polar surface area (TPSA) is 84.2 Å². The van der Waals surface area contributed by atoms with Crippen molar-refractivity contribution in [1.82, 2.24) is 0 Å². The molecule has 0 amide bonds. The predicted octanol–water partition coefficient (Wildman–Crippen LogP) is 9.20. The molecule has 0 bridgehead atoms. The molecule has 0 radical (unpaired) electrons. The number of alkyl halides is 3. The first-order chi connectivity index (χ1) is 19.5. The third-order valence-electron chi connectivity index (χ3n) is 11.7. The van der Waals surface area contributed by atoms with Crippen LogP contribution in [0.15, 0.2) is 11.6 Å². The van der Waals surface area contributed by atoms with Gasteiger partial charge < -0.3 is 9.53 Å². The van der Waals surface area contributed by atoms with Gasteiger partial charge in [-0.2, -0.15) is 18.4 Å². The summed E-state index contributed by atoms with van der Waals surface area (Å²) >= 11 is 0. The zero-order valence-electron chi connectivity index (χ0n) is 28.1. The Bertz CT molecular complexity index is 1130. The molecule has 0 aromatic rings. The lowest BCUT2D eigenvalue weighted by Crippen LogP contribution is -2.57. The third kappa shape index (κ3) is 8.11. The smallest absolute Gasteiger partial charge is 0.458 e. The number of halogens is 3.